The second kappa shape index (κ2) is 20.6. The molecule has 0 aliphatic heterocycles. The molecule has 0 atom stereocenters. The van der Waals surface area contributed by atoms with Crippen molar-refractivity contribution in [3.8, 4) is 0 Å². The summed E-state index contributed by atoms with van der Waals surface area (Å²) in [5.41, 5.74) is 1.90. The molecule has 0 heterocycles. The predicted molar refractivity (Wildman–Crippen MR) is 171 cm³/mol. The molecule has 0 spiro atoms. The van der Waals surface area contributed by atoms with E-state index in [-0.39, 0.29) is 5.91 Å². The Labute approximate surface area is 251 Å². The smallest absolute Gasteiger partial charge is 0.223 e. The van der Waals surface area contributed by atoms with Gasteiger partial charge in [-0.3, -0.25) is 4.79 Å². The number of carbonyl (C=O) groups excluding carboxylic acids is 1. The number of nitrogens with zero attached hydrogens (tertiary/aromatic N) is 1. The molecule has 2 rings (SSSR count). The van der Waals surface area contributed by atoms with Crippen molar-refractivity contribution in [1.29, 1.82) is 0 Å². The summed E-state index contributed by atoms with van der Waals surface area (Å²) in [4.78, 5) is 15.0. The van der Waals surface area contributed by atoms with Crippen molar-refractivity contribution in [2.45, 2.75) is 84.2 Å². The van der Waals surface area contributed by atoms with Gasteiger partial charge in [0.15, 0.2) is 0 Å². The van der Waals surface area contributed by atoms with Gasteiger partial charge in [0.1, 0.15) is 0 Å². The first-order valence-electron chi connectivity index (χ1n) is 14.1. The summed E-state index contributed by atoms with van der Waals surface area (Å²) in [6.45, 7) is 3.17. The molecule has 39 heavy (non-hydrogen) atoms. The van der Waals surface area contributed by atoms with Crippen LogP contribution < -0.4 is 0 Å². The van der Waals surface area contributed by atoms with E-state index < -0.39 is 0 Å². The second-order valence-corrected chi connectivity index (χ2v) is 10.9. The maximum Gasteiger partial charge on any atom is 0.223 e. The number of rotatable bonds is 18. The predicted octanol–water partition coefficient (Wildman–Crippen LogP) is 11.3. The molecule has 2 nitrogen and oxygen atoms in total. The lowest BCUT2D eigenvalue weighted by Crippen LogP contribution is -2.30. The van der Waals surface area contributed by atoms with Crippen molar-refractivity contribution in [3.05, 3.63) is 117 Å². The van der Waals surface area contributed by atoms with Crippen LogP contribution in [-0.4, -0.2) is 10.8 Å². The van der Waals surface area contributed by atoms with Crippen LogP contribution >= 0.6 is 34.8 Å². The maximum atomic E-state index is 13.1. The van der Waals surface area contributed by atoms with Crippen LogP contribution in [0.15, 0.2) is 91.1 Å². The summed E-state index contributed by atoms with van der Waals surface area (Å²) in [7, 11) is 0. The Morgan fingerprint density at radius 3 is 1.85 bits per heavy atom. The monoisotopic (exact) mass is 585 g/mol. The summed E-state index contributed by atoms with van der Waals surface area (Å²) in [6.07, 6.45) is 27.9. The molecular formula is C34H42Cl3NO. The van der Waals surface area contributed by atoms with Crippen molar-refractivity contribution < 1.29 is 4.79 Å². The Hall–Kier alpha value is -2.26. The van der Waals surface area contributed by atoms with Crippen LogP contribution in [0.25, 0.3) is 0 Å². The SMILES string of the molecule is CCCCC/C=C\C/C=C\C/C=C\C/C=C\CCCC(=O)N(Cc1ccc(Cl)cc1)Cc1ccc(Cl)cc1Cl. The highest BCUT2D eigenvalue weighted by molar-refractivity contribution is 6.35. The average molecular weight is 587 g/mol. The zero-order valence-electron chi connectivity index (χ0n) is 23.1. The van der Waals surface area contributed by atoms with Gasteiger partial charge in [-0.05, 0) is 80.3 Å². The van der Waals surface area contributed by atoms with Gasteiger partial charge in [-0.15, -0.1) is 0 Å². The quantitative estimate of drug-likeness (QED) is 0.126. The third kappa shape index (κ3) is 15.2. The van der Waals surface area contributed by atoms with E-state index in [4.69, 9.17) is 34.8 Å². The van der Waals surface area contributed by atoms with Crippen LogP contribution in [0, 0.1) is 0 Å². The first-order chi connectivity index (χ1) is 19.0. The van der Waals surface area contributed by atoms with E-state index >= 15 is 0 Å². The minimum Gasteiger partial charge on any atom is -0.334 e. The Morgan fingerprint density at radius 2 is 1.26 bits per heavy atom. The number of halogens is 3. The molecule has 5 heteroatoms. The van der Waals surface area contributed by atoms with E-state index in [1.807, 2.05) is 35.2 Å². The maximum absolute atomic E-state index is 13.1. The van der Waals surface area contributed by atoms with Crippen molar-refractivity contribution in [2.75, 3.05) is 0 Å². The highest BCUT2D eigenvalue weighted by Crippen LogP contribution is 2.24. The van der Waals surface area contributed by atoms with Crippen LogP contribution in [0.1, 0.15) is 82.3 Å². The largest absolute Gasteiger partial charge is 0.334 e. The number of unbranched alkanes of at least 4 members (excludes halogenated alkanes) is 4. The number of allylic oxidation sites excluding steroid dienone is 8. The Balaban J connectivity index is 1.72. The summed E-state index contributed by atoms with van der Waals surface area (Å²) < 4.78 is 0. The third-order valence-electron chi connectivity index (χ3n) is 6.23. The van der Waals surface area contributed by atoms with Crippen LogP contribution in [0.2, 0.25) is 15.1 Å². The second-order valence-electron chi connectivity index (χ2n) is 9.59. The lowest BCUT2D eigenvalue weighted by atomic mass is 10.1. The van der Waals surface area contributed by atoms with Crippen LogP contribution in [-0.2, 0) is 17.9 Å². The summed E-state index contributed by atoms with van der Waals surface area (Å²) in [5.74, 6) is 0.104. The molecule has 0 unspecified atom stereocenters. The Morgan fingerprint density at radius 1 is 0.692 bits per heavy atom. The number of amides is 1. The third-order valence-corrected chi connectivity index (χ3v) is 7.07. The number of hydrogen-bond donors (Lipinski definition) is 0. The zero-order valence-corrected chi connectivity index (χ0v) is 25.4. The highest BCUT2D eigenvalue weighted by atomic mass is 35.5. The van der Waals surface area contributed by atoms with Crippen LogP contribution in [0.5, 0.6) is 0 Å². The molecule has 2 aromatic rings. The van der Waals surface area contributed by atoms with E-state index in [0.717, 1.165) is 43.2 Å². The molecule has 210 valence electrons. The van der Waals surface area contributed by atoms with Crippen molar-refractivity contribution >= 4 is 40.7 Å². The van der Waals surface area contributed by atoms with Crippen LogP contribution in [0.4, 0.5) is 0 Å². The minimum absolute atomic E-state index is 0.104. The number of hydrogen-bond acceptors (Lipinski definition) is 1. The van der Waals surface area contributed by atoms with Gasteiger partial charge in [-0.1, -0.05) is 121 Å². The minimum atomic E-state index is 0.104. The van der Waals surface area contributed by atoms with Gasteiger partial charge in [0.25, 0.3) is 0 Å². The fraction of sp³-hybridized carbons (Fsp3) is 0.382. The van der Waals surface area contributed by atoms with Gasteiger partial charge in [0.05, 0.1) is 0 Å². The zero-order chi connectivity index (χ0) is 28.1. The molecule has 2 aromatic carbocycles. The molecular weight excluding hydrogens is 545 g/mol. The molecule has 0 saturated carbocycles. The molecule has 0 aliphatic rings. The summed E-state index contributed by atoms with van der Waals surface area (Å²) in [6, 6.07) is 13.0. The standard InChI is InChI=1S/C34H42Cl3NO/c1-2-3-4-5-6-7-8-9-10-11-12-13-14-15-16-17-18-19-34(39)38(27-29-20-23-31(35)24-21-29)28-30-22-25-32(36)26-33(30)37/h6-7,9-10,12-13,15-16,20-26H,2-5,8,11,14,17-19,27-28H2,1H3/b7-6-,10-9-,13-12-,16-15-. The van der Waals surface area contributed by atoms with Crippen molar-refractivity contribution in [2.24, 2.45) is 0 Å². The summed E-state index contributed by atoms with van der Waals surface area (Å²) >= 11 is 18.5. The van der Waals surface area contributed by atoms with Crippen molar-refractivity contribution in [3.63, 3.8) is 0 Å². The molecule has 0 radical (unpaired) electrons. The summed E-state index contributed by atoms with van der Waals surface area (Å²) in [5, 5.41) is 1.83. The van der Waals surface area contributed by atoms with E-state index in [2.05, 4.69) is 55.5 Å². The van der Waals surface area contributed by atoms with Gasteiger partial charge in [-0.2, -0.15) is 0 Å². The Kier molecular flexibility index (Phi) is 17.4. The van der Waals surface area contributed by atoms with Crippen LogP contribution in [0.3, 0.4) is 0 Å². The average Bonchev–Trinajstić information content (AvgIpc) is 2.92. The fourth-order valence-corrected chi connectivity index (χ4v) is 4.58. The number of carbonyl (C=O) groups is 1. The normalized spacial score (nSPS) is 12.0. The lowest BCUT2D eigenvalue weighted by Gasteiger charge is -2.24. The van der Waals surface area contributed by atoms with E-state index in [1.165, 1.54) is 25.7 Å². The molecule has 0 aromatic heterocycles. The van der Waals surface area contributed by atoms with Gasteiger partial charge in [0, 0.05) is 34.6 Å². The first-order valence-corrected chi connectivity index (χ1v) is 15.2. The fourth-order valence-electron chi connectivity index (χ4n) is 3.99. The molecule has 0 saturated heterocycles. The number of benzene rings is 2. The van der Waals surface area contributed by atoms with E-state index in [9.17, 15) is 4.79 Å². The van der Waals surface area contributed by atoms with Gasteiger partial charge >= 0.3 is 0 Å². The topological polar surface area (TPSA) is 20.3 Å². The first kappa shape index (κ1) is 32.9. The van der Waals surface area contributed by atoms with Gasteiger partial charge in [0.2, 0.25) is 5.91 Å². The highest BCUT2D eigenvalue weighted by Gasteiger charge is 2.16. The molecule has 0 fully saturated rings. The van der Waals surface area contributed by atoms with Gasteiger partial charge < -0.3 is 4.90 Å². The van der Waals surface area contributed by atoms with E-state index in [1.54, 1.807) is 12.1 Å². The van der Waals surface area contributed by atoms with E-state index in [0.29, 0.717) is 34.6 Å². The molecule has 0 bridgehead atoms. The molecule has 0 aliphatic carbocycles. The molecule has 0 N–H and O–H groups in total. The molecule has 1 amide bonds. The Bertz CT molecular complexity index is 1090. The lowest BCUT2D eigenvalue weighted by molar-refractivity contribution is -0.132. The van der Waals surface area contributed by atoms with Crippen molar-refractivity contribution in [1.82, 2.24) is 4.90 Å². The van der Waals surface area contributed by atoms with Gasteiger partial charge in [-0.25, -0.2) is 0 Å².